The molecule has 3 rings (SSSR count). The number of nitrogens with zero attached hydrogens (tertiary/aromatic N) is 2. The molecule has 0 saturated carbocycles. The summed E-state index contributed by atoms with van der Waals surface area (Å²) in [6.07, 6.45) is 5.06. The van der Waals surface area contributed by atoms with Crippen LogP contribution in [0.4, 0.5) is 0 Å². The molecule has 0 radical (unpaired) electrons. The first-order valence-corrected chi connectivity index (χ1v) is 8.00. The van der Waals surface area contributed by atoms with Gasteiger partial charge in [-0.15, -0.1) is 0 Å². The highest BCUT2D eigenvalue weighted by Gasteiger charge is 2.24. The van der Waals surface area contributed by atoms with E-state index in [1.54, 1.807) is 12.1 Å². The first-order valence-electron chi connectivity index (χ1n) is 8.00. The van der Waals surface area contributed by atoms with Crippen LogP contribution < -0.4 is 10.0 Å². The fourth-order valence-electron chi connectivity index (χ4n) is 3.07. The third-order valence-electron chi connectivity index (χ3n) is 4.26. The number of amides is 1. The van der Waals surface area contributed by atoms with Crippen LogP contribution in [0.3, 0.4) is 0 Å². The van der Waals surface area contributed by atoms with E-state index in [0.29, 0.717) is 16.8 Å². The highest BCUT2D eigenvalue weighted by atomic mass is 16.5. The summed E-state index contributed by atoms with van der Waals surface area (Å²) in [5.74, 6) is -0.213. The molecule has 23 heavy (non-hydrogen) atoms. The number of hydrogen-bond donors (Lipinski definition) is 1. The monoisotopic (exact) mass is 311 g/mol. The number of hydrogen-bond acceptors (Lipinski definition) is 3. The predicted octanol–water partition coefficient (Wildman–Crippen LogP) is 1.89. The molecule has 1 aliphatic rings. The number of pyridine rings is 1. The van der Waals surface area contributed by atoms with Gasteiger partial charge < -0.3 is 10.5 Å². The van der Waals surface area contributed by atoms with Crippen molar-refractivity contribution in [2.24, 2.45) is 0 Å². The first-order chi connectivity index (χ1) is 11.2. The number of nitrogens with one attached hydrogen (secondary N) is 1. The molecule has 2 heterocycles. The fraction of sp³-hybridized carbons (Fsp3) is 0.333. The molecule has 120 valence electrons. The van der Waals surface area contributed by atoms with Gasteiger partial charge in [0.2, 0.25) is 0 Å². The van der Waals surface area contributed by atoms with Crippen LogP contribution in [-0.4, -0.2) is 30.4 Å². The highest BCUT2D eigenvalue weighted by Crippen LogP contribution is 2.24. The highest BCUT2D eigenvalue weighted by molar-refractivity contribution is 5.93. The molecule has 2 aromatic rings. The zero-order chi connectivity index (χ0) is 16.1. The molecule has 1 aromatic heterocycles. The summed E-state index contributed by atoms with van der Waals surface area (Å²) < 4.78 is 0.643. The van der Waals surface area contributed by atoms with Crippen molar-refractivity contribution in [1.82, 2.24) is 10.2 Å². The standard InChI is InChI=1S/C18H21N3O2/c22-18(16-9-6-12-21(23)14-16)19-13-17(20-10-4-5-11-20)15-7-2-1-3-8-15/h1-3,6-9,12,14,17H,4-5,10-11,13H2,(H,19,22). The average Bonchev–Trinajstić information content (AvgIpc) is 3.10. The van der Waals surface area contributed by atoms with Crippen molar-refractivity contribution in [3.8, 4) is 0 Å². The molecule has 1 unspecified atom stereocenters. The molecule has 0 bridgehead atoms. The summed E-state index contributed by atoms with van der Waals surface area (Å²) in [6, 6.07) is 13.7. The number of rotatable bonds is 5. The van der Waals surface area contributed by atoms with Gasteiger partial charge in [0.15, 0.2) is 12.4 Å². The minimum Gasteiger partial charge on any atom is -0.619 e. The summed E-state index contributed by atoms with van der Waals surface area (Å²) in [6.45, 7) is 2.65. The van der Waals surface area contributed by atoms with Gasteiger partial charge in [-0.3, -0.25) is 9.69 Å². The maximum atomic E-state index is 12.3. The maximum Gasteiger partial charge on any atom is 0.257 e. The van der Waals surface area contributed by atoms with Crippen molar-refractivity contribution < 1.29 is 9.52 Å². The van der Waals surface area contributed by atoms with Crippen LogP contribution in [0, 0.1) is 5.21 Å². The third kappa shape index (κ3) is 3.87. The molecule has 1 fully saturated rings. The van der Waals surface area contributed by atoms with Gasteiger partial charge in [0.1, 0.15) is 5.56 Å². The van der Waals surface area contributed by atoms with E-state index in [4.69, 9.17) is 0 Å². The summed E-state index contributed by atoms with van der Waals surface area (Å²) in [4.78, 5) is 14.7. The molecule has 1 saturated heterocycles. The molecule has 1 amide bonds. The van der Waals surface area contributed by atoms with E-state index in [1.165, 1.54) is 30.8 Å². The molecular formula is C18H21N3O2. The summed E-state index contributed by atoms with van der Waals surface area (Å²) >= 11 is 0. The van der Waals surface area contributed by atoms with Crippen LogP contribution in [0.2, 0.25) is 0 Å². The van der Waals surface area contributed by atoms with Crippen molar-refractivity contribution in [3.63, 3.8) is 0 Å². The van der Waals surface area contributed by atoms with Crippen LogP contribution in [0.15, 0.2) is 54.9 Å². The second-order valence-electron chi connectivity index (χ2n) is 5.83. The Bertz CT molecular complexity index is 654. The lowest BCUT2D eigenvalue weighted by Crippen LogP contribution is -2.37. The van der Waals surface area contributed by atoms with Crippen LogP contribution in [0.25, 0.3) is 0 Å². The summed E-state index contributed by atoms with van der Waals surface area (Å²) in [5.41, 5.74) is 1.59. The van der Waals surface area contributed by atoms with Gasteiger partial charge >= 0.3 is 0 Å². The smallest absolute Gasteiger partial charge is 0.257 e. The van der Waals surface area contributed by atoms with E-state index < -0.39 is 0 Å². The Balaban J connectivity index is 1.70. The number of carbonyl (C=O) groups excluding carboxylic acids is 1. The van der Waals surface area contributed by atoms with Crippen LogP contribution in [0.5, 0.6) is 0 Å². The second-order valence-corrected chi connectivity index (χ2v) is 5.83. The first kappa shape index (κ1) is 15.5. The van der Waals surface area contributed by atoms with Gasteiger partial charge in [0, 0.05) is 12.6 Å². The van der Waals surface area contributed by atoms with Crippen LogP contribution in [-0.2, 0) is 0 Å². The lowest BCUT2D eigenvalue weighted by molar-refractivity contribution is -0.605. The van der Waals surface area contributed by atoms with Gasteiger partial charge in [-0.05, 0) is 37.6 Å². The number of carbonyl (C=O) groups is 1. The van der Waals surface area contributed by atoms with Crippen molar-refractivity contribution in [2.75, 3.05) is 19.6 Å². The third-order valence-corrected chi connectivity index (χ3v) is 4.26. The predicted molar refractivity (Wildman–Crippen MR) is 87.7 cm³/mol. The van der Waals surface area contributed by atoms with Crippen molar-refractivity contribution >= 4 is 5.91 Å². The normalized spacial score (nSPS) is 16.2. The Kier molecular flexibility index (Phi) is 4.88. The minimum atomic E-state index is -0.213. The zero-order valence-electron chi connectivity index (χ0n) is 13.0. The van der Waals surface area contributed by atoms with Gasteiger partial charge in [-0.1, -0.05) is 30.3 Å². The number of likely N-dealkylation sites (tertiary alicyclic amines) is 1. The van der Waals surface area contributed by atoms with Crippen LogP contribution in [0.1, 0.15) is 34.8 Å². The van der Waals surface area contributed by atoms with E-state index >= 15 is 0 Å². The molecule has 5 heteroatoms. The fourth-order valence-corrected chi connectivity index (χ4v) is 3.07. The molecule has 5 nitrogen and oxygen atoms in total. The maximum absolute atomic E-state index is 12.3. The van der Waals surface area contributed by atoms with Gasteiger partial charge in [-0.2, -0.15) is 4.73 Å². The van der Waals surface area contributed by atoms with E-state index in [9.17, 15) is 10.0 Å². The average molecular weight is 311 g/mol. The molecule has 0 aliphatic carbocycles. The molecule has 1 aliphatic heterocycles. The number of benzene rings is 1. The van der Waals surface area contributed by atoms with Crippen molar-refractivity contribution in [3.05, 3.63) is 71.2 Å². The SMILES string of the molecule is O=C(NCC(c1ccccc1)N1CCCC1)c1ccc[n+]([O-])c1. The van der Waals surface area contributed by atoms with Crippen molar-refractivity contribution in [2.45, 2.75) is 18.9 Å². The van der Waals surface area contributed by atoms with E-state index in [1.807, 2.05) is 18.2 Å². The van der Waals surface area contributed by atoms with E-state index in [0.717, 1.165) is 13.1 Å². The summed E-state index contributed by atoms with van der Waals surface area (Å²) in [5, 5.41) is 14.3. The quantitative estimate of drug-likeness (QED) is 0.677. The van der Waals surface area contributed by atoms with Crippen molar-refractivity contribution in [1.29, 1.82) is 0 Å². The minimum absolute atomic E-state index is 0.172. The topological polar surface area (TPSA) is 59.3 Å². The Hall–Kier alpha value is -2.40. The molecule has 1 atom stereocenters. The van der Waals surface area contributed by atoms with E-state index in [-0.39, 0.29) is 11.9 Å². The molecule has 1 N–H and O–H groups in total. The lowest BCUT2D eigenvalue weighted by Gasteiger charge is -2.28. The Labute approximate surface area is 136 Å². The van der Waals surface area contributed by atoms with Gasteiger partial charge in [-0.25, -0.2) is 0 Å². The van der Waals surface area contributed by atoms with E-state index in [2.05, 4.69) is 22.3 Å². The molecular weight excluding hydrogens is 290 g/mol. The number of aromatic nitrogens is 1. The zero-order valence-corrected chi connectivity index (χ0v) is 13.0. The second kappa shape index (κ2) is 7.24. The Morgan fingerprint density at radius 2 is 1.91 bits per heavy atom. The van der Waals surface area contributed by atoms with Gasteiger partial charge in [0.25, 0.3) is 5.91 Å². The largest absolute Gasteiger partial charge is 0.619 e. The van der Waals surface area contributed by atoms with Crippen LogP contribution >= 0.6 is 0 Å². The molecule has 0 spiro atoms. The summed E-state index contributed by atoms with van der Waals surface area (Å²) in [7, 11) is 0. The molecule has 1 aromatic carbocycles. The Morgan fingerprint density at radius 3 is 2.61 bits per heavy atom. The Morgan fingerprint density at radius 1 is 1.17 bits per heavy atom. The lowest BCUT2D eigenvalue weighted by atomic mass is 10.1. The van der Waals surface area contributed by atoms with Gasteiger partial charge in [0.05, 0.1) is 6.04 Å².